The molecule has 0 aliphatic carbocycles. The first-order valence-electron chi connectivity index (χ1n) is 6.89. The van der Waals surface area contributed by atoms with Crippen molar-refractivity contribution < 1.29 is 9.90 Å². The molecule has 1 aliphatic heterocycles. The predicted octanol–water partition coefficient (Wildman–Crippen LogP) is 1.82. The molecular weight excluding hydrogens is 240 g/mol. The van der Waals surface area contributed by atoms with Crippen LogP contribution in [-0.2, 0) is 4.79 Å². The quantitative estimate of drug-likeness (QED) is 0.870. The molecule has 19 heavy (non-hydrogen) atoms. The second-order valence-corrected chi connectivity index (χ2v) is 5.20. The van der Waals surface area contributed by atoms with E-state index in [0.717, 1.165) is 24.2 Å². The zero-order valence-corrected chi connectivity index (χ0v) is 11.6. The minimum atomic E-state index is -0.0913. The van der Waals surface area contributed by atoms with Gasteiger partial charge in [-0.25, -0.2) is 0 Å². The number of aliphatic hydroxyl groups excluding tert-OH is 1. The van der Waals surface area contributed by atoms with Crippen molar-refractivity contribution in [3.05, 3.63) is 29.8 Å². The van der Waals surface area contributed by atoms with Crippen molar-refractivity contribution in [2.24, 2.45) is 0 Å². The van der Waals surface area contributed by atoms with Crippen molar-refractivity contribution >= 4 is 11.6 Å². The third kappa shape index (κ3) is 2.89. The number of nitrogens with one attached hydrogen (secondary N) is 1. The molecule has 2 rings (SSSR count). The summed E-state index contributed by atoms with van der Waals surface area (Å²) in [5, 5.41) is 12.4. The molecule has 1 aromatic rings. The highest BCUT2D eigenvalue weighted by Crippen LogP contribution is 2.32. The lowest BCUT2D eigenvalue weighted by Crippen LogP contribution is -2.43. The first-order valence-corrected chi connectivity index (χ1v) is 6.89. The number of carbonyl (C=O) groups is 1. The summed E-state index contributed by atoms with van der Waals surface area (Å²) in [5.41, 5.74) is 2.13. The highest BCUT2D eigenvalue weighted by Gasteiger charge is 2.30. The van der Waals surface area contributed by atoms with Crippen molar-refractivity contribution in [2.45, 2.75) is 32.2 Å². The first-order chi connectivity index (χ1) is 9.15. The van der Waals surface area contributed by atoms with Gasteiger partial charge in [-0.3, -0.25) is 4.79 Å². The number of fused-ring (bicyclic) bond motifs is 1. The van der Waals surface area contributed by atoms with E-state index >= 15 is 0 Å². The fourth-order valence-electron chi connectivity index (χ4n) is 2.66. The number of hydrogen-bond acceptors (Lipinski definition) is 3. The van der Waals surface area contributed by atoms with E-state index in [4.69, 9.17) is 5.11 Å². The van der Waals surface area contributed by atoms with Crippen molar-refractivity contribution in [1.29, 1.82) is 0 Å². The van der Waals surface area contributed by atoms with Gasteiger partial charge in [0.25, 0.3) is 0 Å². The molecule has 2 N–H and O–H groups in total. The number of anilines is 1. The standard InChI is InChI=1S/C15H22N2O2/c1-11(2)17(9-10-18)15(19)13-7-8-16-14-6-4-3-5-12(13)14/h3-6,11,13,16,18H,7-10H2,1-2H3. The monoisotopic (exact) mass is 262 g/mol. The molecule has 1 unspecified atom stereocenters. The summed E-state index contributed by atoms with van der Waals surface area (Å²) in [7, 11) is 0. The van der Waals surface area contributed by atoms with E-state index in [2.05, 4.69) is 5.32 Å². The van der Waals surface area contributed by atoms with Gasteiger partial charge < -0.3 is 15.3 Å². The van der Waals surface area contributed by atoms with Crippen molar-refractivity contribution in [1.82, 2.24) is 4.90 Å². The Hall–Kier alpha value is -1.55. The van der Waals surface area contributed by atoms with Crippen LogP contribution in [0.1, 0.15) is 31.7 Å². The SMILES string of the molecule is CC(C)N(CCO)C(=O)C1CCNc2ccccc21. The maximum atomic E-state index is 12.7. The second kappa shape index (κ2) is 6.06. The summed E-state index contributed by atoms with van der Waals surface area (Å²) in [6.45, 7) is 5.21. The number of carbonyl (C=O) groups excluding carboxylic acids is 1. The molecule has 4 heteroatoms. The number of aliphatic hydroxyl groups is 1. The van der Waals surface area contributed by atoms with Gasteiger partial charge >= 0.3 is 0 Å². The van der Waals surface area contributed by atoms with Crippen LogP contribution in [0.25, 0.3) is 0 Å². The summed E-state index contributed by atoms with van der Waals surface area (Å²) in [5.74, 6) is 0.0319. The minimum absolute atomic E-state index is 0.0105. The third-order valence-electron chi connectivity index (χ3n) is 3.63. The van der Waals surface area contributed by atoms with Crippen LogP contribution in [0.15, 0.2) is 24.3 Å². The lowest BCUT2D eigenvalue weighted by Gasteiger charge is -2.33. The Bertz CT molecular complexity index is 446. The average Bonchev–Trinajstić information content (AvgIpc) is 2.43. The Balaban J connectivity index is 2.24. The second-order valence-electron chi connectivity index (χ2n) is 5.20. The molecule has 0 radical (unpaired) electrons. The Kier molecular flexibility index (Phi) is 4.43. The Morgan fingerprint density at radius 3 is 2.89 bits per heavy atom. The largest absolute Gasteiger partial charge is 0.395 e. The highest BCUT2D eigenvalue weighted by molar-refractivity contribution is 5.86. The lowest BCUT2D eigenvalue weighted by atomic mass is 9.89. The number of benzene rings is 1. The average molecular weight is 262 g/mol. The number of rotatable bonds is 4. The van der Waals surface area contributed by atoms with Crippen LogP contribution in [0, 0.1) is 0 Å². The molecule has 0 saturated heterocycles. The smallest absolute Gasteiger partial charge is 0.230 e. The van der Waals surface area contributed by atoms with E-state index in [1.807, 2.05) is 38.1 Å². The van der Waals surface area contributed by atoms with Crippen molar-refractivity contribution in [2.75, 3.05) is 25.0 Å². The number of para-hydroxylation sites is 1. The molecule has 4 nitrogen and oxygen atoms in total. The van der Waals surface area contributed by atoms with Crippen LogP contribution in [0.2, 0.25) is 0 Å². The zero-order valence-electron chi connectivity index (χ0n) is 11.6. The van der Waals surface area contributed by atoms with Gasteiger partial charge in [-0.2, -0.15) is 0 Å². The Morgan fingerprint density at radius 1 is 1.47 bits per heavy atom. The van der Waals surface area contributed by atoms with Crippen LogP contribution in [0.3, 0.4) is 0 Å². The van der Waals surface area contributed by atoms with Gasteiger partial charge in [0.2, 0.25) is 5.91 Å². The van der Waals surface area contributed by atoms with E-state index in [1.54, 1.807) is 4.90 Å². The molecule has 104 valence electrons. The lowest BCUT2D eigenvalue weighted by molar-refractivity contribution is -0.135. The minimum Gasteiger partial charge on any atom is -0.395 e. The van der Waals surface area contributed by atoms with Gasteiger partial charge in [-0.15, -0.1) is 0 Å². The molecule has 1 atom stereocenters. The van der Waals surface area contributed by atoms with Gasteiger partial charge in [0.05, 0.1) is 12.5 Å². The first kappa shape index (κ1) is 13.9. The summed E-state index contributed by atoms with van der Waals surface area (Å²) in [4.78, 5) is 14.5. The van der Waals surface area contributed by atoms with Crippen LogP contribution in [0.4, 0.5) is 5.69 Å². The molecule has 0 aromatic heterocycles. The molecular formula is C15H22N2O2. The summed E-state index contributed by atoms with van der Waals surface area (Å²) >= 11 is 0. The van der Waals surface area contributed by atoms with Crippen molar-refractivity contribution in [3.8, 4) is 0 Å². The fraction of sp³-hybridized carbons (Fsp3) is 0.533. The van der Waals surface area contributed by atoms with Gasteiger partial charge in [-0.1, -0.05) is 18.2 Å². The molecule has 1 amide bonds. The Morgan fingerprint density at radius 2 is 2.21 bits per heavy atom. The van der Waals surface area contributed by atoms with Crippen LogP contribution in [0.5, 0.6) is 0 Å². The zero-order chi connectivity index (χ0) is 13.8. The maximum absolute atomic E-state index is 12.7. The molecule has 0 spiro atoms. The van der Waals surface area contributed by atoms with Crippen LogP contribution >= 0.6 is 0 Å². The van der Waals surface area contributed by atoms with E-state index in [0.29, 0.717) is 6.54 Å². The number of nitrogens with zero attached hydrogens (tertiary/aromatic N) is 1. The summed E-state index contributed by atoms with van der Waals surface area (Å²) in [6.07, 6.45) is 0.810. The van der Waals surface area contributed by atoms with E-state index in [-0.39, 0.29) is 24.5 Å². The third-order valence-corrected chi connectivity index (χ3v) is 3.63. The summed E-state index contributed by atoms with van der Waals surface area (Å²) in [6, 6.07) is 8.09. The van der Waals surface area contributed by atoms with Crippen molar-refractivity contribution in [3.63, 3.8) is 0 Å². The molecule has 0 bridgehead atoms. The van der Waals surface area contributed by atoms with E-state index in [1.165, 1.54) is 0 Å². The molecule has 1 heterocycles. The van der Waals surface area contributed by atoms with Crippen LogP contribution < -0.4 is 5.32 Å². The summed E-state index contributed by atoms with van der Waals surface area (Å²) < 4.78 is 0. The topological polar surface area (TPSA) is 52.6 Å². The van der Waals surface area contributed by atoms with Gasteiger partial charge in [-0.05, 0) is 31.9 Å². The Labute approximate surface area is 114 Å². The fourth-order valence-corrected chi connectivity index (χ4v) is 2.66. The van der Waals surface area contributed by atoms with E-state index < -0.39 is 0 Å². The van der Waals surface area contributed by atoms with Crippen LogP contribution in [-0.4, -0.2) is 41.7 Å². The molecule has 1 aromatic carbocycles. The van der Waals surface area contributed by atoms with Gasteiger partial charge in [0, 0.05) is 24.8 Å². The maximum Gasteiger partial charge on any atom is 0.230 e. The molecule has 0 fully saturated rings. The normalized spacial score (nSPS) is 17.8. The molecule has 0 saturated carbocycles. The van der Waals surface area contributed by atoms with Gasteiger partial charge in [0.15, 0.2) is 0 Å². The molecule has 1 aliphatic rings. The van der Waals surface area contributed by atoms with E-state index in [9.17, 15) is 4.79 Å². The highest BCUT2D eigenvalue weighted by atomic mass is 16.3. The number of amides is 1. The predicted molar refractivity (Wildman–Crippen MR) is 76.2 cm³/mol. The van der Waals surface area contributed by atoms with Gasteiger partial charge in [0.1, 0.15) is 0 Å². The number of hydrogen-bond donors (Lipinski definition) is 2.